The van der Waals surface area contributed by atoms with Gasteiger partial charge in [0.2, 0.25) is 0 Å². The normalized spacial score (nSPS) is 24.4. The summed E-state index contributed by atoms with van der Waals surface area (Å²) in [5, 5.41) is 8.80. The minimum absolute atomic E-state index is 0.274. The van der Waals surface area contributed by atoms with E-state index in [-0.39, 0.29) is 5.92 Å². The molecule has 2 atom stereocenters. The Balaban J connectivity index is 2.37. The highest BCUT2D eigenvalue weighted by atomic mass is 14.4. The molecular weight excluding hydrogens is 170 g/mol. The average molecular weight is 185 g/mol. The van der Waals surface area contributed by atoms with Crippen molar-refractivity contribution in [2.45, 2.75) is 33.1 Å². The topological polar surface area (TPSA) is 23.8 Å². The van der Waals surface area contributed by atoms with Gasteiger partial charge in [0.05, 0.1) is 12.0 Å². The molecule has 1 aliphatic rings. The summed E-state index contributed by atoms with van der Waals surface area (Å²) < 4.78 is 0. The third kappa shape index (κ3) is 1.42. The Labute approximate surface area is 85.4 Å². The van der Waals surface area contributed by atoms with Gasteiger partial charge in [-0.1, -0.05) is 12.1 Å². The molecule has 72 valence electrons. The number of aryl methyl sites for hydroxylation is 3. The van der Waals surface area contributed by atoms with Crippen LogP contribution in [0.4, 0.5) is 0 Å². The summed E-state index contributed by atoms with van der Waals surface area (Å²) in [5.74, 6) is 0.787. The van der Waals surface area contributed by atoms with Crippen LogP contribution in [-0.4, -0.2) is 0 Å². The second kappa shape index (κ2) is 3.13. The molecule has 1 heteroatoms. The molecule has 2 unspecified atom stereocenters. The molecule has 0 N–H and O–H groups in total. The van der Waals surface area contributed by atoms with Crippen molar-refractivity contribution >= 4 is 0 Å². The Morgan fingerprint density at radius 1 is 1.14 bits per heavy atom. The van der Waals surface area contributed by atoms with E-state index in [0.717, 1.165) is 6.42 Å². The van der Waals surface area contributed by atoms with E-state index in [9.17, 15) is 0 Å². The predicted octanol–water partition coefficient (Wildman–Crippen LogP) is 3.24. The Morgan fingerprint density at radius 2 is 1.79 bits per heavy atom. The van der Waals surface area contributed by atoms with Crippen molar-refractivity contribution in [3.63, 3.8) is 0 Å². The first-order valence-corrected chi connectivity index (χ1v) is 5.11. The van der Waals surface area contributed by atoms with Gasteiger partial charge in [-0.3, -0.25) is 0 Å². The first-order valence-electron chi connectivity index (χ1n) is 5.11. The summed E-state index contributed by atoms with van der Waals surface area (Å²) in [5.41, 5.74) is 5.42. The first kappa shape index (κ1) is 9.27. The van der Waals surface area contributed by atoms with Crippen LogP contribution in [0.3, 0.4) is 0 Å². The van der Waals surface area contributed by atoms with Crippen molar-refractivity contribution in [1.82, 2.24) is 0 Å². The fraction of sp³-hybridized carbons (Fsp3) is 0.462. The van der Waals surface area contributed by atoms with Crippen LogP contribution in [0.5, 0.6) is 0 Å². The second-order valence-electron chi connectivity index (χ2n) is 4.37. The van der Waals surface area contributed by atoms with Crippen LogP contribution in [0.1, 0.15) is 34.6 Å². The molecule has 0 aromatic heterocycles. The molecule has 0 saturated heterocycles. The van der Waals surface area contributed by atoms with Gasteiger partial charge in [0.25, 0.3) is 0 Å². The van der Waals surface area contributed by atoms with Gasteiger partial charge in [0, 0.05) is 5.92 Å². The minimum atomic E-state index is 0.274. The fourth-order valence-corrected chi connectivity index (χ4v) is 2.06. The number of nitriles is 1. The lowest BCUT2D eigenvalue weighted by atomic mass is 9.97. The number of nitrogens with zero attached hydrogens (tertiary/aromatic N) is 1. The molecule has 2 rings (SSSR count). The first-order chi connectivity index (χ1) is 6.63. The molecule has 1 aromatic rings. The predicted molar refractivity (Wildman–Crippen MR) is 57.1 cm³/mol. The molecule has 0 aliphatic heterocycles. The molecule has 0 heterocycles. The van der Waals surface area contributed by atoms with Crippen LogP contribution in [0.2, 0.25) is 0 Å². The van der Waals surface area contributed by atoms with Gasteiger partial charge in [-0.05, 0) is 49.4 Å². The van der Waals surface area contributed by atoms with Crippen molar-refractivity contribution in [3.8, 4) is 6.07 Å². The number of hydrogen-bond acceptors (Lipinski definition) is 1. The largest absolute Gasteiger partial charge is 0.198 e. The maximum atomic E-state index is 8.80. The molecule has 1 nitrogen and oxygen atoms in total. The standard InChI is InChI=1S/C13H15N/c1-8-4-10(3)12(5-9(8)2)13-6-11(13)7-14/h4-5,11,13H,6H2,1-3H3. The molecule has 1 fully saturated rings. The SMILES string of the molecule is Cc1cc(C)c(C2CC2C#N)cc1C. The lowest BCUT2D eigenvalue weighted by Crippen LogP contribution is -1.91. The highest BCUT2D eigenvalue weighted by Crippen LogP contribution is 2.48. The van der Waals surface area contributed by atoms with Crippen LogP contribution in [0.15, 0.2) is 12.1 Å². The number of rotatable bonds is 1. The van der Waals surface area contributed by atoms with E-state index >= 15 is 0 Å². The van der Waals surface area contributed by atoms with Crippen LogP contribution in [-0.2, 0) is 0 Å². The fourth-order valence-electron chi connectivity index (χ4n) is 2.06. The summed E-state index contributed by atoms with van der Waals surface area (Å²) >= 11 is 0. The summed E-state index contributed by atoms with van der Waals surface area (Å²) in [6, 6.07) is 6.84. The Bertz CT molecular complexity index is 412. The summed E-state index contributed by atoms with van der Waals surface area (Å²) in [6.07, 6.45) is 1.06. The van der Waals surface area contributed by atoms with E-state index in [1.807, 2.05) is 0 Å². The van der Waals surface area contributed by atoms with Gasteiger partial charge in [-0.15, -0.1) is 0 Å². The minimum Gasteiger partial charge on any atom is -0.198 e. The van der Waals surface area contributed by atoms with Crippen LogP contribution < -0.4 is 0 Å². The highest BCUT2D eigenvalue weighted by Gasteiger charge is 2.39. The molecule has 0 bridgehead atoms. The maximum absolute atomic E-state index is 8.80. The molecule has 0 amide bonds. The monoisotopic (exact) mass is 185 g/mol. The molecule has 1 aliphatic carbocycles. The summed E-state index contributed by atoms with van der Waals surface area (Å²) in [7, 11) is 0. The van der Waals surface area contributed by atoms with Crippen LogP contribution in [0.25, 0.3) is 0 Å². The van der Waals surface area contributed by atoms with Gasteiger partial charge in [0.15, 0.2) is 0 Å². The zero-order valence-electron chi connectivity index (χ0n) is 8.96. The quantitative estimate of drug-likeness (QED) is 0.659. The lowest BCUT2D eigenvalue weighted by molar-refractivity contribution is 1.00. The van der Waals surface area contributed by atoms with E-state index in [4.69, 9.17) is 5.26 Å². The van der Waals surface area contributed by atoms with Crippen molar-refractivity contribution in [2.75, 3.05) is 0 Å². The Morgan fingerprint density at radius 3 is 2.36 bits per heavy atom. The molecular formula is C13H15N. The second-order valence-corrected chi connectivity index (χ2v) is 4.37. The average Bonchev–Trinajstić information content (AvgIpc) is 2.90. The zero-order valence-corrected chi connectivity index (χ0v) is 8.96. The highest BCUT2D eigenvalue weighted by molar-refractivity contribution is 5.41. The molecule has 0 spiro atoms. The maximum Gasteiger partial charge on any atom is 0.0662 e. The number of benzene rings is 1. The molecule has 1 aromatic carbocycles. The van der Waals surface area contributed by atoms with Crippen LogP contribution in [0, 0.1) is 38.0 Å². The Hall–Kier alpha value is -1.29. The van der Waals surface area contributed by atoms with E-state index in [2.05, 4.69) is 39.0 Å². The van der Waals surface area contributed by atoms with E-state index in [0.29, 0.717) is 5.92 Å². The van der Waals surface area contributed by atoms with Crippen molar-refractivity contribution in [2.24, 2.45) is 5.92 Å². The molecule has 1 saturated carbocycles. The van der Waals surface area contributed by atoms with Crippen LogP contribution >= 0.6 is 0 Å². The third-order valence-electron chi connectivity index (χ3n) is 3.24. The number of hydrogen-bond donors (Lipinski definition) is 0. The molecule has 0 radical (unpaired) electrons. The zero-order chi connectivity index (χ0) is 10.3. The van der Waals surface area contributed by atoms with Gasteiger partial charge < -0.3 is 0 Å². The smallest absolute Gasteiger partial charge is 0.0662 e. The van der Waals surface area contributed by atoms with E-state index < -0.39 is 0 Å². The van der Waals surface area contributed by atoms with Crippen molar-refractivity contribution in [3.05, 3.63) is 34.4 Å². The van der Waals surface area contributed by atoms with E-state index in [1.54, 1.807) is 0 Å². The lowest BCUT2D eigenvalue weighted by Gasteiger charge is -2.08. The summed E-state index contributed by atoms with van der Waals surface area (Å²) in [6.45, 7) is 6.43. The van der Waals surface area contributed by atoms with Gasteiger partial charge in [0.1, 0.15) is 0 Å². The van der Waals surface area contributed by atoms with E-state index in [1.165, 1.54) is 22.3 Å². The van der Waals surface area contributed by atoms with Crippen molar-refractivity contribution in [1.29, 1.82) is 5.26 Å². The molecule has 14 heavy (non-hydrogen) atoms. The van der Waals surface area contributed by atoms with Gasteiger partial charge in [-0.2, -0.15) is 5.26 Å². The van der Waals surface area contributed by atoms with Crippen molar-refractivity contribution < 1.29 is 0 Å². The van der Waals surface area contributed by atoms with Gasteiger partial charge >= 0.3 is 0 Å². The Kier molecular flexibility index (Phi) is 2.07. The third-order valence-corrected chi connectivity index (χ3v) is 3.24. The summed E-state index contributed by atoms with van der Waals surface area (Å²) in [4.78, 5) is 0. The van der Waals surface area contributed by atoms with Gasteiger partial charge in [-0.25, -0.2) is 0 Å².